The number of benzene rings is 2. The van der Waals surface area contributed by atoms with Crippen LogP contribution in [0.15, 0.2) is 48.5 Å². The van der Waals surface area contributed by atoms with Gasteiger partial charge in [0.1, 0.15) is 12.7 Å². The van der Waals surface area contributed by atoms with Crippen LogP contribution in [-0.4, -0.2) is 43.2 Å². The third-order valence-corrected chi connectivity index (χ3v) is 5.75. The van der Waals surface area contributed by atoms with Gasteiger partial charge in [-0.3, -0.25) is 9.69 Å². The molecule has 2 aliphatic rings. The van der Waals surface area contributed by atoms with Crippen molar-refractivity contribution in [2.75, 3.05) is 26.2 Å². The van der Waals surface area contributed by atoms with E-state index in [1.165, 1.54) is 0 Å². The Labute approximate surface area is 170 Å². The van der Waals surface area contributed by atoms with Crippen molar-refractivity contribution >= 4 is 17.5 Å². The molecule has 0 radical (unpaired) electrons. The van der Waals surface area contributed by atoms with Gasteiger partial charge in [0.2, 0.25) is 5.91 Å². The highest BCUT2D eigenvalue weighted by atomic mass is 35.5. The molecule has 1 fully saturated rings. The van der Waals surface area contributed by atoms with E-state index in [9.17, 15) is 4.79 Å². The Morgan fingerprint density at radius 1 is 1.07 bits per heavy atom. The first-order valence-corrected chi connectivity index (χ1v) is 10.2. The van der Waals surface area contributed by atoms with E-state index in [1.54, 1.807) is 0 Å². The zero-order chi connectivity index (χ0) is 19.3. The standard InChI is InChI=1S/C22H25ClN2O3/c23-19-6-2-1-5-17(19)14-25-11-9-16(10-12-25)22(26)24-13-18-15-27-20-7-3-4-8-21(20)28-18/h1-8,16,18H,9-15H2,(H,24,26). The van der Waals surface area contributed by atoms with Crippen LogP contribution in [0.4, 0.5) is 0 Å². The zero-order valence-electron chi connectivity index (χ0n) is 15.8. The van der Waals surface area contributed by atoms with E-state index in [1.807, 2.05) is 42.5 Å². The van der Waals surface area contributed by atoms with Crippen molar-refractivity contribution in [1.29, 1.82) is 0 Å². The fourth-order valence-electron chi connectivity index (χ4n) is 3.74. The lowest BCUT2D eigenvalue weighted by atomic mass is 9.95. The van der Waals surface area contributed by atoms with E-state index in [0.717, 1.165) is 54.6 Å². The Morgan fingerprint density at radius 2 is 1.79 bits per heavy atom. The van der Waals surface area contributed by atoms with Crippen molar-refractivity contribution in [2.24, 2.45) is 5.92 Å². The molecule has 0 aliphatic carbocycles. The van der Waals surface area contributed by atoms with E-state index in [0.29, 0.717) is 13.2 Å². The molecule has 2 aliphatic heterocycles. The number of fused-ring (bicyclic) bond motifs is 1. The van der Waals surface area contributed by atoms with Gasteiger partial charge >= 0.3 is 0 Å². The van der Waals surface area contributed by atoms with Crippen LogP contribution in [0.1, 0.15) is 18.4 Å². The van der Waals surface area contributed by atoms with Gasteiger partial charge in [0.25, 0.3) is 0 Å². The number of para-hydroxylation sites is 2. The summed E-state index contributed by atoms with van der Waals surface area (Å²) in [4.78, 5) is 14.9. The minimum Gasteiger partial charge on any atom is -0.486 e. The summed E-state index contributed by atoms with van der Waals surface area (Å²) in [7, 11) is 0. The summed E-state index contributed by atoms with van der Waals surface area (Å²) < 4.78 is 11.6. The smallest absolute Gasteiger partial charge is 0.223 e. The van der Waals surface area contributed by atoms with Gasteiger partial charge in [-0.25, -0.2) is 0 Å². The molecule has 2 aromatic rings. The second-order valence-electron chi connectivity index (χ2n) is 7.38. The summed E-state index contributed by atoms with van der Waals surface area (Å²) in [5.74, 6) is 1.66. The first-order chi connectivity index (χ1) is 13.7. The maximum absolute atomic E-state index is 12.6. The number of piperidine rings is 1. The molecular formula is C22H25ClN2O3. The summed E-state index contributed by atoms with van der Waals surface area (Å²) >= 11 is 6.26. The van der Waals surface area contributed by atoms with Crippen LogP contribution in [0, 0.1) is 5.92 Å². The molecule has 28 heavy (non-hydrogen) atoms. The highest BCUT2D eigenvalue weighted by molar-refractivity contribution is 6.31. The molecule has 6 heteroatoms. The third-order valence-electron chi connectivity index (χ3n) is 5.38. The van der Waals surface area contributed by atoms with Crippen molar-refractivity contribution in [2.45, 2.75) is 25.5 Å². The molecule has 1 N–H and O–H groups in total. The van der Waals surface area contributed by atoms with E-state index < -0.39 is 0 Å². The molecule has 4 rings (SSSR count). The summed E-state index contributed by atoms with van der Waals surface area (Å²) in [6.45, 7) is 3.56. The van der Waals surface area contributed by atoms with Crippen LogP contribution in [0.2, 0.25) is 5.02 Å². The molecule has 0 saturated carbocycles. The van der Waals surface area contributed by atoms with E-state index in [-0.39, 0.29) is 17.9 Å². The lowest BCUT2D eigenvalue weighted by Gasteiger charge is -2.32. The van der Waals surface area contributed by atoms with Gasteiger partial charge in [-0.05, 0) is 49.7 Å². The molecule has 2 heterocycles. The van der Waals surface area contributed by atoms with Gasteiger partial charge in [-0.15, -0.1) is 0 Å². The molecule has 0 spiro atoms. The lowest BCUT2D eigenvalue weighted by molar-refractivity contribution is -0.127. The number of likely N-dealkylation sites (tertiary alicyclic amines) is 1. The Hall–Kier alpha value is -2.24. The molecule has 0 bridgehead atoms. The molecule has 148 valence electrons. The van der Waals surface area contributed by atoms with Crippen molar-refractivity contribution in [1.82, 2.24) is 10.2 Å². The fraction of sp³-hybridized carbons (Fsp3) is 0.409. The minimum absolute atomic E-state index is 0.0549. The number of rotatable bonds is 5. The highest BCUT2D eigenvalue weighted by Gasteiger charge is 2.27. The Balaban J connectivity index is 1.21. The second-order valence-corrected chi connectivity index (χ2v) is 7.79. The van der Waals surface area contributed by atoms with Crippen LogP contribution in [-0.2, 0) is 11.3 Å². The number of nitrogens with zero attached hydrogens (tertiary/aromatic N) is 1. The Bertz CT molecular complexity index is 821. The molecule has 5 nitrogen and oxygen atoms in total. The number of hydrogen-bond donors (Lipinski definition) is 1. The van der Waals surface area contributed by atoms with E-state index >= 15 is 0 Å². The molecular weight excluding hydrogens is 376 g/mol. The van der Waals surface area contributed by atoms with Gasteiger partial charge in [-0.1, -0.05) is 41.9 Å². The summed E-state index contributed by atoms with van der Waals surface area (Å²) in [6, 6.07) is 15.6. The molecule has 1 unspecified atom stereocenters. The number of ether oxygens (including phenoxy) is 2. The van der Waals surface area contributed by atoms with Crippen molar-refractivity contribution < 1.29 is 14.3 Å². The minimum atomic E-state index is -0.154. The number of amides is 1. The zero-order valence-corrected chi connectivity index (χ0v) is 16.5. The number of carbonyl (C=O) groups is 1. The van der Waals surface area contributed by atoms with Crippen molar-refractivity contribution in [3.8, 4) is 11.5 Å². The van der Waals surface area contributed by atoms with Crippen LogP contribution in [0.5, 0.6) is 11.5 Å². The molecule has 1 saturated heterocycles. The topological polar surface area (TPSA) is 50.8 Å². The number of hydrogen-bond acceptors (Lipinski definition) is 4. The quantitative estimate of drug-likeness (QED) is 0.834. The number of nitrogens with one attached hydrogen (secondary N) is 1. The number of halogens is 1. The predicted octanol–water partition coefficient (Wildman–Crippen LogP) is 3.51. The van der Waals surface area contributed by atoms with E-state index in [2.05, 4.69) is 16.3 Å². The van der Waals surface area contributed by atoms with Crippen LogP contribution in [0.25, 0.3) is 0 Å². The molecule has 1 atom stereocenters. The first kappa shape index (κ1) is 19.1. The Morgan fingerprint density at radius 3 is 2.57 bits per heavy atom. The summed E-state index contributed by atoms with van der Waals surface area (Å²) in [5.41, 5.74) is 1.14. The maximum atomic E-state index is 12.6. The molecule has 2 aromatic carbocycles. The largest absolute Gasteiger partial charge is 0.486 e. The van der Waals surface area contributed by atoms with Gasteiger partial charge < -0.3 is 14.8 Å². The Kier molecular flexibility index (Phi) is 6.03. The maximum Gasteiger partial charge on any atom is 0.223 e. The SMILES string of the molecule is O=C(NCC1COc2ccccc2O1)C1CCN(Cc2ccccc2Cl)CC1. The highest BCUT2D eigenvalue weighted by Crippen LogP contribution is 2.30. The average molecular weight is 401 g/mol. The normalized spacial score (nSPS) is 20.0. The first-order valence-electron chi connectivity index (χ1n) is 9.81. The third kappa shape index (κ3) is 4.59. The van der Waals surface area contributed by atoms with Crippen LogP contribution >= 0.6 is 11.6 Å². The van der Waals surface area contributed by atoms with Gasteiger partial charge in [0.15, 0.2) is 11.5 Å². The lowest BCUT2D eigenvalue weighted by Crippen LogP contribution is -2.45. The average Bonchev–Trinajstić information content (AvgIpc) is 2.74. The summed E-state index contributed by atoms with van der Waals surface area (Å²) in [6.07, 6.45) is 1.57. The molecule has 1 amide bonds. The van der Waals surface area contributed by atoms with E-state index in [4.69, 9.17) is 21.1 Å². The van der Waals surface area contributed by atoms with Gasteiger partial charge in [0.05, 0.1) is 6.54 Å². The second kappa shape index (κ2) is 8.84. The molecule has 0 aromatic heterocycles. The van der Waals surface area contributed by atoms with Crippen LogP contribution < -0.4 is 14.8 Å². The summed E-state index contributed by atoms with van der Waals surface area (Å²) in [5, 5.41) is 3.85. The fourth-order valence-corrected chi connectivity index (χ4v) is 3.94. The number of carbonyl (C=O) groups excluding carboxylic acids is 1. The van der Waals surface area contributed by atoms with Crippen molar-refractivity contribution in [3.05, 3.63) is 59.1 Å². The monoisotopic (exact) mass is 400 g/mol. The van der Waals surface area contributed by atoms with Gasteiger partial charge in [-0.2, -0.15) is 0 Å². The van der Waals surface area contributed by atoms with Crippen molar-refractivity contribution in [3.63, 3.8) is 0 Å². The van der Waals surface area contributed by atoms with Gasteiger partial charge in [0, 0.05) is 17.5 Å². The predicted molar refractivity (Wildman–Crippen MR) is 109 cm³/mol. The van der Waals surface area contributed by atoms with Crippen LogP contribution in [0.3, 0.4) is 0 Å².